The second kappa shape index (κ2) is 8.02. The molecule has 0 radical (unpaired) electrons. The van der Waals surface area contributed by atoms with E-state index in [9.17, 15) is 14.4 Å². The van der Waals surface area contributed by atoms with Crippen LogP contribution in [0.25, 0.3) is 11.0 Å². The van der Waals surface area contributed by atoms with Crippen LogP contribution in [0, 0.1) is 0 Å². The van der Waals surface area contributed by atoms with E-state index in [2.05, 4.69) is 10.3 Å². The van der Waals surface area contributed by atoms with Crippen molar-refractivity contribution >= 4 is 22.6 Å². The summed E-state index contributed by atoms with van der Waals surface area (Å²) in [6.45, 7) is 3.86. The summed E-state index contributed by atoms with van der Waals surface area (Å²) in [6.07, 6.45) is 1.57. The summed E-state index contributed by atoms with van der Waals surface area (Å²) >= 11 is 0. The molecule has 0 aliphatic rings. The predicted molar refractivity (Wildman–Crippen MR) is 114 cm³/mol. The summed E-state index contributed by atoms with van der Waals surface area (Å²) in [5, 5.41) is 3.02. The smallest absolute Gasteiger partial charge is 0.332 e. The number of methoxy groups -OCH3 is 2. The molecule has 2 aromatic heterocycles. The molecule has 2 heterocycles. The number of hydrogen-bond donors (Lipinski definition) is 1. The number of aromatic nitrogens is 3. The number of amides is 1. The molecule has 0 aliphatic carbocycles. The van der Waals surface area contributed by atoms with Gasteiger partial charge in [0.05, 0.1) is 25.5 Å². The van der Waals surface area contributed by atoms with Gasteiger partial charge >= 0.3 is 5.69 Å². The van der Waals surface area contributed by atoms with E-state index in [0.717, 1.165) is 4.57 Å². The third-order valence-corrected chi connectivity index (χ3v) is 5.01. The van der Waals surface area contributed by atoms with Gasteiger partial charge in [0, 0.05) is 20.3 Å². The Hall–Kier alpha value is -3.62. The number of aryl methyl sites for hydroxylation is 1. The summed E-state index contributed by atoms with van der Waals surface area (Å²) in [5.41, 5.74) is 0.410. The molecule has 3 aromatic rings. The molecule has 0 saturated heterocycles. The first-order chi connectivity index (χ1) is 14.2. The minimum atomic E-state index is -0.531. The largest absolute Gasteiger partial charge is 0.493 e. The number of carbonyl (C=O) groups is 1. The van der Waals surface area contributed by atoms with Gasteiger partial charge in [-0.15, -0.1) is 0 Å². The number of benzene rings is 1. The summed E-state index contributed by atoms with van der Waals surface area (Å²) < 4.78 is 12.9. The fourth-order valence-electron chi connectivity index (χ4n) is 3.36. The Balaban J connectivity index is 2.28. The van der Waals surface area contributed by atoms with Gasteiger partial charge in [-0.05, 0) is 23.6 Å². The standard InChI is InChI=1S/C21H24N4O5/c1-11(2)13-10-22-18-15(20(27)25(4)21(28)24(18)3)16(13)23-19(26)12-8-7-9-14(29-5)17(12)30-6/h7-11H,1-6H3,(H,22,23,26). The first-order valence-electron chi connectivity index (χ1n) is 9.33. The molecule has 9 heteroatoms. The lowest BCUT2D eigenvalue weighted by Crippen LogP contribution is -2.38. The van der Waals surface area contributed by atoms with Gasteiger partial charge in [-0.25, -0.2) is 9.78 Å². The maximum Gasteiger partial charge on any atom is 0.332 e. The van der Waals surface area contributed by atoms with Gasteiger partial charge in [0.1, 0.15) is 5.39 Å². The molecule has 0 spiro atoms. The van der Waals surface area contributed by atoms with Crippen molar-refractivity contribution in [2.75, 3.05) is 19.5 Å². The third-order valence-electron chi connectivity index (χ3n) is 5.01. The molecule has 1 aromatic carbocycles. The summed E-state index contributed by atoms with van der Waals surface area (Å²) in [5.74, 6) is 0.178. The van der Waals surface area contributed by atoms with Gasteiger partial charge in [0.25, 0.3) is 11.5 Å². The zero-order chi connectivity index (χ0) is 22.2. The van der Waals surface area contributed by atoms with Crippen molar-refractivity contribution < 1.29 is 14.3 Å². The molecule has 0 atom stereocenters. The molecule has 3 rings (SSSR count). The lowest BCUT2D eigenvalue weighted by Gasteiger charge is -2.18. The van der Waals surface area contributed by atoms with E-state index in [0.29, 0.717) is 17.0 Å². The maximum absolute atomic E-state index is 13.2. The molecular formula is C21H24N4O5. The van der Waals surface area contributed by atoms with E-state index in [4.69, 9.17) is 9.47 Å². The van der Waals surface area contributed by atoms with Crippen molar-refractivity contribution in [3.05, 3.63) is 56.4 Å². The van der Waals surface area contributed by atoms with Crippen LogP contribution >= 0.6 is 0 Å². The minimum absolute atomic E-state index is 0.0358. The summed E-state index contributed by atoms with van der Waals surface area (Å²) in [6, 6.07) is 4.96. The van der Waals surface area contributed by atoms with Crippen LogP contribution in [-0.4, -0.2) is 34.2 Å². The van der Waals surface area contributed by atoms with Gasteiger partial charge in [0.15, 0.2) is 17.1 Å². The van der Waals surface area contributed by atoms with Gasteiger partial charge in [-0.3, -0.25) is 18.7 Å². The maximum atomic E-state index is 13.2. The Bertz CT molecular complexity index is 1260. The SMILES string of the molecule is COc1cccc(C(=O)Nc2c(C(C)C)cnc3c2c(=O)n(C)c(=O)n3C)c1OC. The number of pyridine rings is 1. The number of rotatable bonds is 5. The molecule has 0 unspecified atom stereocenters. The second-order valence-electron chi connectivity index (χ2n) is 7.14. The first-order valence-corrected chi connectivity index (χ1v) is 9.33. The number of hydrogen-bond acceptors (Lipinski definition) is 6. The van der Waals surface area contributed by atoms with Crippen LogP contribution in [0.15, 0.2) is 34.0 Å². The molecule has 0 bridgehead atoms. The fourth-order valence-corrected chi connectivity index (χ4v) is 3.36. The van der Waals surface area contributed by atoms with Gasteiger partial charge in [-0.1, -0.05) is 19.9 Å². The fraction of sp³-hybridized carbons (Fsp3) is 0.333. The average molecular weight is 412 g/mol. The Labute approximate surface area is 172 Å². The van der Waals surface area contributed by atoms with E-state index in [-0.39, 0.29) is 28.3 Å². The molecule has 158 valence electrons. The van der Waals surface area contributed by atoms with E-state index >= 15 is 0 Å². The zero-order valence-electron chi connectivity index (χ0n) is 17.8. The minimum Gasteiger partial charge on any atom is -0.493 e. The molecule has 1 N–H and O–H groups in total. The highest BCUT2D eigenvalue weighted by atomic mass is 16.5. The van der Waals surface area contributed by atoms with Crippen LogP contribution < -0.4 is 26.0 Å². The van der Waals surface area contributed by atoms with E-state index < -0.39 is 17.2 Å². The molecule has 0 aliphatic heterocycles. The number of anilines is 1. The van der Waals surface area contributed by atoms with E-state index in [1.807, 2.05) is 13.8 Å². The quantitative estimate of drug-likeness (QED) is 0.688. The van der Waals surface area contributed by atoms with Crippen LogP contribution in [0.3, 0.4) is 0 Å². The zero-order valence-corrected chi connectivity index (χ0v) is 17.8. The molecular weight excluding hydrogens is 388 g/mol. The van der Waals surface area contributed by atoms with Gasteiger partial charge in [-0.2, -0.15) is 0 Å². The normalized spacial score (nSPS) is 11.0. The van der Waals surface area contributed by atoms with E-state index in [1.165, 1.54) is 32.9 Å². The molecule has 30 heavy (non-hydrogen) atoms. The first kappa shape index (κ1) is 21.1. The summed E-state index contributed by atoms with van der Waals surface area (Å²) in [4.78, 5) is 42.8. The molecule has 0 fully saturated rings. The highest BCUT2D eigenvalue weighted by Gasteiger charge is 2.23. The van der Waals surface area contributed by atoms with Crippen LogP contribution in [-0.2, 0) is 14.1 Å². The number of para-hydroxylation sites is 1. The van der Waals surface area contributed by atoms with Crippen molar-refractivity contribution in [3.63, 3.8) is 0 Å². The topological polar surface area (TPSA) is 104 Å². The number of carbonyl (C=O) groups excluding carboxylic acids is 1. The predicted octanol–water partition coefficient (Wildman–Crippen LogP) is 2.03. The molecule has 1 amide bonds. The molecule has 0 saturated carbocycles. The Morgan fingerprint density at radius 3 is 2.40 bits per heavy atom. The number of nitrogens with zero attached hydrogens (tertiary/aromatic N) is 3. The number of fused-ring (bicyclic) bond motifs is 1. The van der Waals surface area contributed by atoms with Crippen LogP contribution in [0.1, 0.15) is 35.7 Å². The Morgan fingerprint density at radius 2 is 1.80 bits per heavy atom. The van der Waals surface area contributed by atoms with Gasteiger partial charge in [0.2, 0.25) is 0 Å². The van der Waals surface area contributed by atoms with Crippen molar-refractivity contribution in [2.45, 2.75) is 19.8 Å². The number of ether oxygens (including phenoxy) is 2. The van der Waals surface area contributed by atoms with Crippen LogP contribution in [0.5, 0.6) is 11.5 Å². The average Bonchev–Trinajstić information content (AvgIpc) is 2.74. The van der Waals surface area contributed by atoms with Crippen molar-refractivity contribution in [1.29, 1.82) is 0 Å². The third kappa shape index (κ3) is 3.32. The molecule has 9 nitrogen and oxygen atoms in total. The monoisotopic (exact) mass is 412 g/mol. The van der Waals surface area contributed by atoms with Crippen molar-refractivity contribution in [3.8, 4) is 11.5 Å². The summed E-state index contributed by atoms with van der Waals surface area (Å²) in [7, 11) is 5.85. The van der Waals surface area contributed by atoms with Gasteiger partial charge < -0.3 is 14.8 Å². The van der Waals surface area contributed by atoms with Crippen LogP contribution in [0.4, 0.5) is 5.69 Å². The second-order valence-corrected chi connectivity index (χ2v) is 7.14. The van der Waals surface area contributed by atoms with Crippen molar-refractivity contribution in [1.82, 2.24) is 14.1 Å². The lowest BCUT2D eigenvalue weighted by molar-refractivity contribution is 0.102. The Morgan fingerprint density at radius 1 is 1.10 bits per heavy atom. The highest BCUT2D eigenvalue weighted by molar-refractivity contribution is 6.10. The highest BCUT2D eigenvalue weighted by Crippen LogP contribution is 2.33. The Kier molecular flexibility index (Phi) is 5.64. The van der Waals surface area contributed by atoms with Crippen LogP contribution in [0.2, 0.25) is 0 Å². The number of nitrogens with one attached hydrogen (secondary N) is 1. The van der Waals surface area contributed by atoms with Crippen molar-refractivity contribution in [2.24, 2.45) is 14.1 Å². The lowest BCUT2D eigenvalue weighted by atomic mass is 10.0. The van der Waals surface area contributed by atoms with E-state index in [1.54, 1.807) is 24.4 Å².